The minimum atomic E-state index is -0.536. The van der Waals surface area contributed by atoms with Crippen molar-refractivity contribution < 1.29 is 9.59 Å². The Labute approximate surface area is 158 Å². The van der Waals surface area contributed by atoms with Crippen LogP contribution >= 0.6 is 0 Å². The average molecular weight is 366 g/mol. The summed E-state index contributed by atoms with van der Waals surface area (Å²) < 4.78 is 1.74. The largest absolute Gasteiger partial charge is 0.364 e. The van der Waals surface area contributed by atoms with Crippen molar-refractivity contribution in [2.45, 2.75) is 71.0 Å². The maximum Gasteiger partial charge on any atom is 0.269 e. The van der Waals surface area contributed by atoms with Crippen molar-refractivity contribution in [3.63, 3.8) is 0 Å². The zero-order chi connectivity index (χ0) is 18.9. The number of primary amides is 1. The van der Waals surface area contributed by atoms with E-state index in [0.717, 1.165) is 49.4 Å². The maximum atomic E-state index is 13.2. The highest BCUT2D eigenvalue weighted by Crippen LogP contribution is 2.59. The van der Waals surface area contributed by atoms with Gasteiger partial charge < -0.3 is 10.6 Å². The number of rotatable bonds is 4. The van der Waals surface area contributed by atoms with Crippen molar-refractivity contribution >= 4 is 22.7 Å². The number of fused-ring (bicyclic) bond motifs is 4. The second-order valence-corrected chi connectivity index (χ2v) is 8.76. The van der Waals surface area contributed by atoms with Gasteiger partial charge in [0.2, 0.25) is 5.91 Å². The molecular formula is C21H26N4O2. The van der Waals surface area contributed by atoms with E-state index >= 15 is 0 Å². The Kier molecular flexibility index (Phi) is 3.46. The highest BCUT2D eigenvalue weighted by Gasteiger charge is 2.62. The van der Waals surface area contributed by atoms with Crippen molar-refractivity contribution in [3.05, 3.63) is 29.0 Å². The molecule has 1 aromatic heterocycles. The summed E-state index contributed by atoms with van der Waals surface area (Å²) in [7, 11) is 0. The molecule has 1 unspecified atom stereocenters. The summed E-state index contributed by atoms with van der Waals surface area (Å²) in [6.45, 7) is 4.62. The van der Waals surface area contributed by atoms with E-state index in [4.69, 9.17) is 5.73 Å². The molecule has 2 aromatic rings. The number of nitrogens with zero attached hydrogens (tertiary/aromatic N) is 3. The molecule has 2 heterocycles. The zero-order valence-electron chi connectivity index (χ0n) is 16.0. The quantitative estimate of drug-likeness (QED) is 0.902. The number of benzene rings is 1. The Morgan fingerprint density at radius 2 is 2.11 bits per heavy atom. The van der Waals surface area contributed by atoms with Crippen LogP contribution in [0, 0.1) is 5.41 Å². The maximum absolute atomic E-state index is 13.2. The van der Waals surface area contributed by atoms with Crippen LogP contribution in [-0.2, 0) is 24.2 Å². The van der Waals surface area contributed by atoms with E-state index in [2.05, 4.69) is 29.9 Å². The number of piperidine rings is 1. The van der Waals surface area contributed by atoms with Crippen LogP contribution in [0.2, 0.25) is 0 Å². The van der Waals surface area contributed by atoms with E-state index in [-0.39, 0.29) is 18.1 Å². The first-order valence-corrected chi connectivity index (χ1v) is 10.0. The smallest absolute Gasteiger partial charge is 0.269 e. The Hall–Kier alpha value is -2.37. The van der Waals surface area contributed by atoms with Gasteiger partial charge in [0.05, 0.1) is 5.52 Å². The summed E-state index contributed by atoms with van der Waals surface area (Å²) >= 11 is 0. The second-order valence-electron chi connectivity index (χ2n) is 8.76. The molecule has 1 aromatic carbocycles. The lowest BCUT2D eigenvalue weighted by molar-refractivity contribution is -0.134. The minimum absolute atomic E-state index is 0.115. The number of nitrogens with two attached hydrogens (primary N) is 1. The minimum Gasteiger partial charge on any atom is -0.364 e. The van der Waals surface area contributed by atoms with Crippen LogP contribution < -0.4 is 5.73 Å². The van der Waals surface area contributed by atoms with E-state index in [1.807, 2.05) is 6.07 Å². The highest BCUT2D eigenvalue weighted by atomic mass is 16.2. The summed E-state index contributed by atoms with van der Waals surface area (Å²) in [4.78, 5) is 27.3. The van der Waals surface area contributed by atoms with E-state index < -0.39 is 5.91 Å². The standard InChI is InChI=1S/C21H26N4O2/c1-3-13-9-21(2)10-16(21)25(13)17(26)11-24-19-14-6-4-5-12(14)7-8-15(19)18(23-24)20(22)27/h7-8,13,16H,3-6,9-11H2,1-2H3,(H2,22,27)/t13-,16?,21+/m1/s1. The monoisotopic (exact) mass is 366 g/mol. The van der Waals surface area contributed by atoms with Gasteiger partial charge in [0.1, 0.15) is 6.54 Å². The van der Waals surface area contributed by atoms with Crippen LogP contribution in [0.4, 0.5) is 0 Å². The molecule has 2 N–H and O–H groups in total. The van der Waals surface area contributed by atoms with Gasteiger partial charge in [-0.2, -0.15) is 5.10 Å². The molecule has 27 heavy (non-hydrogen) atoms. The molecule has 5 rings (SSSR count). The number of likely N-dealkylation sites (tertiary alicyclic amines) is 1. The number of hydrogen-bond donors (Lipinski definition) is 1. The molecule has 2 amide bonds. The number of aromatic nitrogens is 2. The van der Waals surface area contributed by atoms with Crippen molar-refractivity contribution in [1.29, 1.82) is 0 Å². The Morgan fingerprint density at radius 3 is 2.85 bits per heavy atom. The lowest BCUT2D eigenvalue weighted by Crippen LogP contribution is -2.40. The number of amides is 2. The molecule has 1 saturated carbocycles. The molecule has 2 fully saturated rings. The van der Waals surface area contributed by atoms with Gasteiger partial charge >= 0.3 is 0 Å². The van der Waals surface area contributed by atoms with Gasteiger partial charge in [-0.1, -0.05) is 26.0 Å². The summed E-state index contributed by atoms with van der Waals surface area (Å²) in [5.41, 5.74) is 9.61. The molecule has 6 heteroatoms. The molecule has 0 bridgehead atoms. The van der Waals surface area contributed by atoms with E-state index in [0.29, 0.717) is 17.5 Å². The highest BCUT2D eigenvalue weighted by molar-refractivity contribution is 6.05. The Balaban J connectivity index is 1.54. The predicted octanol–water partition coefficient (Wildman–Crippen LogP) is 2.41. The van der Waals surface area contributed by atoms with E-state index in [1.165, 1.54) is 11.1 Å². The van der Waals surface area contributed by atoms with Gasteiger partial charge in [0.25, 0.3) is 5.91 Å². The van der Waals surface area contributed by atoms with Gasteiger partial charge in [-0.3, -0.25) is 14.3 Å². The molecule has 3 aliphatic rings. The third-order valence-corrected chi connectivity index (χ3v) is 7.00. The number of carbonyl (C=O) groups is 2. The molecule has 0 spiro atoms. The first-order valence-electron chi connectivity index (χ1n) is 10.0. The zero-order valence-corrected chi connectivity index (χ0v) is 16.0. The van der Waals surface area contributed by atoms with Gasteiger partial charge in [-0.15, -0.1) is 0 Å². The summed E-state index contributed by atoms with van der Waals surface area (Å²) in [6, 6.07) is 4.72. The van der Waals surface area contributed by atoms with E-state index in [9.17, 15) is 9.59 Å². The van der Waals surface area contributed by atoms with Crippen LogP contribution in [0.25, 0.3) is 10.9 Å². The first kappa shape index (κ1) is 16.8. The van der Waals surface area contributed by atoms with Crippen LogP contribution in [0.1, 0.15) is 61.1 Å². The molecule has 1 saturated heterocycles. The SMILES string of the molecule is CC[C@@H]1C[C@@]2(C)CC2N1C(=O)Cn1nc(C(N)=O)c2ccc3c(c21)CCC3. The molecule has 142 valence electrons. The molecule has 3 atom stereocenters. The van der Waals surface area contributed by atoms with Crippen molar-refractivity contribution in [2.75, 3.05) is 0 Å². The topological polar surface area (TPSA) is 81.2 Å². The molecule has 1 aliphatic heterocycles. The number of carbonyl (C=O) groups excluding carboxylic acids is 2. The third-order valence-electron chi connectivity index (χ3n) is 7.00. The second kappa shape index (κ2) is 5.57. The van der Waals surface area contributed by atoms with Crippen molar-refractivity contribution in [1.82, 2.24) is 14.7 Å². The first-order chi connectivity index (χ1) is 12.9. The number of hydrogen-bond acceptors (Lipinski definition) is 3. The summed E-state index contributed by atoms with van der Waals surface area (Å²) in [6.07, 6.45) is 6.30. The van der Waals surface area contributed by atoms with Crippen LogP contribution in [0.3, 0.4) is 0 Å². The Morgan fingerprint density at radius 1 is 1.30 bits per heavy atom. The van der Waals surface area contributed by atoms with Crippen molar-refractivity contribution in [2.24, 2.45) is 11.1 Å². The van der Waals surface area contributed by atoms with Gasteiger partial charge in [-0.05, 0) is 55.1 Å². The fourth-order valence-corrected chi connectivity index (χ4v) is 5.51. The molecule has 6 nitrogen and oxygen atoms in total. The predicted molar refractivity (Wildman–Crippen MR) is 102 cm³/mol. The van der Waals surface area contributed by atoms with E-state index in [1.54, 1.807) is 4.68 Å². The number of aryl methyl sites for hydroxylation is 2. The van der Waals surface area contributed by atoms with Crippen LogP contribution in [-0.4, -0.2) is 38.6 Å². The van der Waals surface area contributed by atoms with Crippen LogP contribution in [0.15, 0.2) is 12.1 Å². The van der Waals surface area contributed by atoms with Gasteiger partial charge in [0.15, 0.2) is 5.69 Å². The summed E-state index contributed by atoms with van der Waals surface area (Å²) in [5, 5.41) is 5.26. The molecular weight excluding hydrogens is 340 g/mol. The van der Waals surface area contributed by atoms with Gasteiger partial charge in [0, 0.05) is 17.5 Å². The normalized spacial score (nSPS) is 28.4. The van der Waals surface area contributed by atoms with Crippen LogP contribution in [0.5, 0.6) is 0 Å². The molecule has 2 aliphatic carbocycles. The average Bonchev–Trinajstić information content (AvgIpc) is 3.02. The van der Waals surface area contributed by atoms with Gasteiger partial charge in [-0.25, -0.2) is 0 Å². The fourth-order valence-electron chi connectivity index (χ4n) is 5.51. The molecule has 0 radical (unpaired) electrons. The third kappa shape index (κ3) is 2.35. The summed E-state index contributed by atoms with van der Waals surface area (Å²) in [5.74, 6) is -0.421. The van der Waals surface area contributed by atoms with Crippen molar-refractivity contribution in [3.8, 4) is 0 Å². The Bertz CT molecular complexity index is 978. The fraction of sp³-hybridized carbons (Fsp3) is 0.571. The lowest BCUT2D eigenvalue weighted by Gasteiger charge is -2.27. The lowest BCUT2D eigenvalue weighted by atomic mass is 10.0.